The Hall–Kier alpha value is -0.820. The lowest BCUT2D eigenvalue weighted by molar-refractivity contribution is -0.145. The van der Waals surface area contributed by atoms with Crippen LogP contribution in [-0.4, -0.2) is 30.9 Å². The van der Waals surface area contributed by atoms with Gasteiger partial charge in [-0.15, -0.1) is 0 Å². The van der Waals surface area contributed by atoms with Gasteiger partial charge >= 0.3 is 5.97 Å². The van der Waals surface area contributed by atoms with E-state index in [4.69, 9.17) is 9.47 Å². The molecular formula is C18H27IO4. The van der Waals surface area contributed by atoms with Crippen molar-refractivity contribution in [3.63, 3.8) is 0 Å². The van der Waals surface area contributed by atoms with Crippen LogP contribution in [0.2, 0.25) is 0 Å². The van der Waals surface area contributed by atoms with Gasteiger partial charge in [0.05, 0.1) is 16.8 Å². The fourth-order valence-electron chi connectivity index (χ4n) is 2.04. The molecule has 0 bridgehead atoms. The van der Waals surface area contributed by atoms with Crippen LogP contribution in [0.15, 0.2) is 12.1 Å². The number of benzene rings is 1. The molecule has 130 valence electrons. The van der Waals surface area contributed by atoms with Crippen LogP contribution in [0.3, 0.4) is 0 Å². The summed E-state index contributed by atoms with van der Waals surface area (Å²) in [7, 11) is 0. The molecule has 0 aromatic heterocycles. The van der Waals surface area contributed by atoms with Crippen LogP contribution < -0.4 is 0 Å². The zero-order chi connectivity index (χ0) is 17.5. The SMILES string of the molecule is CCc1cc(CCC(=O)OCCOCC(C)(C)C)cc(I)c1O. The fourth-order valence-corrected chi connectivity index (χ4v) is 2.79. The second-order valence-corrected chi connectivity index (χ2v) is 7.93. The summed E-state index contributed by atoms with van der Waals surface area (Å²) in [6, 6.07) is 3.87. The van der Waals surface area contributed by atoms with E-state index < -0.39 is 0 Å². The minimum absolute atomic E-state index is 0.122. The number of halogens is 1. The first-order chi connectivity index (χ1) is 10.7. The Morgan fingerprint density at radius 2 is 1.96 bits per heavy atom. The van der Waals surface area contributed by atoms with Gasteiger partial charge in [-0.05, 0) is 58.0 Å². The Labute approximate surface area is 152 Å². The number of esters is 1. The van der Waals surface area contributed by atoms with E-state index >= 15 is 0 Å². The second kappa shape index (κ2) is 9.47. The first-order valence-electron chi connectivity index (χ1n) is 7.96. The predicted molar refractivity (Wildman–Crippen MR) is 99.8 cm³/mol. The zero-order valence-electron chi connectivity index (χ0n) is 14.4. The molecule has 23 heavy (non-hydrogen) atoms. The monoisotopic (exact) mass is 434 g/mol. The largest absolute Gasteiger partial charge is 0.507 e. The van der Waals surface area contributed by atoms with Gasteiger partial charge in [0.1, 0.15) is 12.4 Å². The van der Waals surface area contributed by atoms with Crippen molar-refractivity contribution < 1.29 is 19.4 Å². The standard InChI is InChI=1S/C18H27IO4/c1-5-14-10-13(11-15(19)17(14)21)6-7-16(20)23-9-8-22-12-18(2,3)4/h10-11,21H,5-9,12H2,1-4H3. The molecular weight excluding hydrogens is 407 g/mol. The number of aryl methyl sites for hydroxylation is 2. The number of rotatable bonds is 8. The molecule has 1 N–H and O–H groups in total. The van der Waals surface area contributed by atoms with E-state index in [0.29, 0.717) is 38.4 Å². The molecule has 0 unspecified atom stereocenters. The van der Waals surface area contributed by atoms with Crippen LogP contribution in [-0.2, 0) is 27.1 Å². The summed E-state index contributed by atoms with van der Waals surface area (Å²) in [5.41, 5.74) is 2.08. The molecule has 0 amide bonds. The van der Waals surface area contributed by atoms with Crippen LogP contribution in [0.1, 0.15) is 45.2 Å². The molecule has 1 rings (SSSR count). The van der Waals surface area contributed by atoms with Crippen molar-refractivity contribution in [2.24, 2.45) is 5.41 Å². The quantitative estimate of drug-likeness (QED) is 0.380. The minimum atomic E-state index is -0.217. The molecule has 0 aliphatic rings. The number of phenolic OH excluding ortho intramolecular Hbond substituents is 1. The number of hydrogen-bond donors (Lipinski definition) is 1. The number of aromatic hydroxyl groups is 1. The Morgan fingerprint density at radius 3 is 2.57 bits per heavy atom. The van der Waals surface area contributed by atoms with Crippen molar-refractivity contribution in [1.29, 1.82) is 0 Å². The van der Waals surface area contributed by atoms with E-state index in [1.54, 1.807) is 0 Å². The van der Waals surface area contributed by atoms with Gasteiger partial charge < -0.3 is 14.6 Å². The van der Waals surface area contributed by atoms with Crippen molar-refractivity contribution in [2.45, 2.75) is 47.0 Å². The highest BCUT2D eigenvalue weighted by Gasteiger charge is 2.11. The molecule has 0 saturated carbocycles. The summed E-state index contributed by atoms with van der Waals surface area (Å²) < 4.78 is 11.5. The van der Waals surface area contributed by atoms with E-state index in [0.717, 1.165) is 21.1 Å². The fraction of sp³-hybridized carbons (Fsp3) is 0.611. The maximum absolute atomic E-state index is 11.8. The molecule has 1 aromatic carbocycles. The summed E-state index contributed by atoms with van der Waals surface area (Å²) in [5.74, 6) is 0.126. The van der Waals surface area contributed by atoms with Crippen LogP contribution in [0.5, 0.6) is 5.75 Å². The van der Waals surface area contributed by atoms with Gasteiger partial charge in [-0.2, -0.15) is 0 Å². The van der Waals surface area contributed by atoms with Crippen molar-refractivity contribution in [1.82, 2.24) is 0 Å². The zero-order valence-corrected chi connectivity index (χ0v) is 16.6. The summed E-state index contributed by atoms with van der Waals surface area (Å²) >= 11 is 2.11. The molecule has 0 aliphatic carbocycles. The van der Waals surface area contributed by atoms with Crippen molar-refractivity contribution >= 4 is 28.6 Å². The Balaban J connectivity index is 2.32. The smallest absolute Gasteiger partial charge is 0.306 e. The van der Waals surface area contributed by atoms with Gasteiger partial charge in [-0.25, -0.2) is 0 Å². The summed E-state index contributed by atoms with van der Waals surface area (Å²) in [6.07, 6.45) is 1.72. The number of carbonyl (C=O) groups excluding carboxylic acids is 1. The lowest BCUT2D eigenvalue weighted by Gasteiger charge is -2.17. The number of phenols is 1. The first kappa shape index (κ1) is 20.2. The molecule has 0 atom stereocenters. The Bertz CT molecular complexity index is 520. The molecule has 0 spiro atoms. The molecule has 0 fully saturated rings. The van der Waals surface area contributed by atoms with Gasteiger partial charge in [0, 0.05) is 6.42 Å². The lowest BCUT2D eigenvalue weighted by atomic mass is 9.99. The van der Waals surface area contributed by atoms with Crippen LogP contribution in [0.4, 0.5) is 0 Å². The van der Waals surface area contributed by atoms with Crippen molar-refractivity contribution in [2.75, 3.05) is 19.8 Å². The number of hydrogen-bond acceptors (Lipinski definition) is 4. The normalized spacial score (nSPS) is 11.5. The molecule has 0 heterocycles. The molecule has 0 aliphatic heterocycles. The number of ether oxygens (including phenoxy) is 2. The molecule has 0 saturated heterocycles. The third-order valence-corrected chi connectivity index (χ3v) is 4.05. The van der Waals surface area contributed by atoms with Gasteiger partial charge in [-0.1, -0.05) is 33.8 Å². The van der Waals surface area contributed by atoms with Gasteiger partial charge in [0.15, 0.2) is 0 Å². The highest BCUT2D eigenvalue weighted by atomic mass is 127. The average molecular weight is 434 g/mol. The van der Waals surface area contributed by atoms with E-state index in [9.17, 15) is 9.90 Å². The Kier molecular flexibility index (Phi) is 8.33. The van der Waals surface area contributed by atoms with Crippen LogP contribution >= 0.6 is 22.6 Å². The van der Waals surface area contributed by atoms with Gasteiger partial charge in [0.2, 0.25) is 0 Å². The first-order valence-corrected chi connectivity index (χ1v) is 9.04. The third-order valence-electron chi connectivity index (χ3n) is 3.23. The van der Waals surface area contributed by atoms with Crippen molar-refractivity contribution in [3.05, 3.63) is 26.8 Å². The second-order valence-electron chi connectivity index (χ2n) is 6.77. The van der Waals surface area contributed by atoms with E-state index in [-0.39, 0.29) is 11.4 Å². The third kappa shape index (κ3) is 8.01. The maximum atomic E-state index is 11.8. The van der Waals surface area contributed by atoms with E-state index in [2.05, 4.69) is 43.4 Å². The number of carbonyl (C=O) groups is 1. The molecule has 1 aromatic rings. The van der Waals surface area contributed by atoms with Crippen molar-refractivity contribution in [3.8, 4) is 5.75 Å². The van der Waals surface area contributed by atoms with E-state index in [1.165, 1.54) is 0 Å². The predicted octanol–water partition coefficient (Wildman–Crippen LogP) is 4.10. The molecule has 0 radical (unpaired) electrons. The summed E-state index contributed by atoms with van der Waals surface area (Å²) in [5, 5.41) is 9.91. The van der Waals surface area contributed by atoms with E-state index in [1.807, 2.05) is 19.1 Å². The molecule has 4 nitrogen and oxygen atoms in total. The highest BCUT2D eigenvalue weighted by Crippen LogP contribution is 2.27. The lowest BCUT2D eigenvalue weighted by Crippen LogP contribution is -2.18. The maximum Gasteiger partial charge on any atom is 0.306 e. The Morgan fingerprint density at radius 1 is 1.26 bits per heavy atom. The highest BCUT2D eigenvalue weighted by molar-refractivity contribution is 14.1. The van der Waals surface area contributed by atoms with Gasteiger partial charge in [-0.3, -0.25) is 4.79 Å². The minimum Gasteiger partial charge on any atom is -0.507 e. The van der Waals surface area contributed by atoms with Gasteiger partial charge in [0.25, 0.3) is 0 Å². The van der Waals surface area contributed by atoms with Crippen LogP contribution in [0.25, 0.3) is 0 Å². The summed E-state index contributed by atoms with van der Waals surface area (Å²) in [6.45, 7) is 9.67. The average Bonchev–Trinajstić information content (AvgIpc) is 2.46. The topological polar surface area (TPSA) is 55.8 Å². The van der Waals surface area contributed by atoms with Crippen LogP contribution in [0, 0.1) is 8.99 Å². The molecule has 5 heteroatoms. The summed E-state index contributed by atoms with van der Waals surface area (Å²) in [4.78, 5) is 11.8.